The molecule has 1 aliphatic rings. The molecule has 4 rings (SSSR count). The lowest BCUT2D eigenvalue weighted by atomic mass is 9.87. The Hall–Kier alpha value is -3.98. The normalized spacial score (nSPS) is 17.5. The maximum absolute atomic E-state index is 13.1. The fourth-order valence-corrected chi connectivity index (χ4v) is 5.56. The van der Waals surface area contributed by atoms with E-state index in [2.05, 4.69) is 27.4 Å². The van der Waals surface area contributed by atoms with Crippen LogP contribution in [0, 0.1) is 6.92 Å². The number of nitrogens with one attached hydrogen (secondary N) is 1. The number of anilines is 2. The minimum Gasteiger partial charge on any atom is -0.460 e. The van der Waals surface area contributed by atoms with Crippen LogP contribution in [0.2, 0.25) is 0 Å². The number of hydrogen-bond acceptors (Lipinski definition) is 6. The fraction of sp³-hybridized carbons (Fsp3) is 0.382. The monoisotopic (exact) mass is 593 g/mol. The predicted molar refractivity (Wildman–Crippen MR) is 161 cm³/mol. The van der Waals surface area contributed by atoms with E-state index in [-0.39, 0.29) is 19.2 Å². The van der Waals surface area contributed by atoms with Crippen molar-refractivity contribution in [3.05, 3.63) is 107 Å². The van der Waals surface area contributed by atoms with E-state index in [0.717, 1.165) is 73.9 Å². The molecule has 0 amide bonds. The third kappa shape index (κ3) is 9.78. The minimum atomic E-state index is -4.54. The zero-order valence-corrected chi connectivity index (χ0v) is 24.3. The molecule has 1 aromatic heterocycles. The van der Waals surface area contributed by atoms with Crippen LogP contribution in [0.25, 0.3) is 0 Å². The summed E-state index contributed by atoms with van der Waals surface area (Å²) in [6.45, 7) is 1.72. The number of esters is 1. The van der Waals surface area contributed by atoms with Gasteiger partial charge in [0.15, 0.2) is 0 Å². The lowest BCUT2D eigenvalue weighted by Crippen LogP contribution is -2.10. The Morgan fingerprint density at radius 2 is 1.60 bits per heavy atom. The second-order valence-electron chi connectivity index (χ2n) is 10.9. The van der Waals surface area contributed by atoms with Crippen molar-refractivity contribution in [2.75, 3.05) is 18.5 Å². The molecule has 2 unspecified atom stereocenters. The van der Waals surface area contributed by atoms with Crippen LogP contribution >= 0.6 is 0 Å². The lowest BCUT2D eigenvalue weighted by Gasteiger charge is -2.19. The molecule has 43 heavy (non-hydrogen) atoms. The van der Waals surface area contributed by atoms with E-state index in [0.29, 0.717) is 23.1 Å². The van der Waals surface area contributed by atoms with Gasteiger partial charge in [-0.15, -0.1) is 0 Å². The number of benzene rings is 1. The first kappa shape index (κ1) is 31.9. The van der Waals surface area contributed by atoms with Gasteiger partial charge in [0.25, 0.3) is 0 Å². The SMILES string of the molecule is Cc1cc(Nc2nccc(C(F)(F)F)n2)cc(C2CCCCC(c3ccccccc(C(=O)OCCO)cc3)CCC2)c1. The maximum Gasteiger partial charge on any atom is 0.433 e. The van der Waals surface area contributed by atoms with Crippen molar-refractivity contribution in [1.29, 1.82) is 0 Å². The highest BCUT2D eigenvalue weighted by Gasteiger charge is 2.32. The van der Waals surface area contributed by atoms with Crippen molar-refractivity contribution in [3.63, 3.8) is 0 Å². The van der Waals surface area contributed by atoms with Gasteiger partial charge in [0, 0.05) is 11.9 Å². The molecule has 0 saturated heterocycles. The van der Waals surface area contributed by atoms with E-state index >= 15 is 0 Å². The number of aryl methyl sites for hydroxylation is 1. The van der Waals surface area contributed by atoms with Crippen LogP contribution < -0.4 is 5.32 Å². The number of aromatic nitrogens is 2. The quantitative estimate of drug-likeness (QED) is 0.268. The van der Waals surface area contributed by atoms with Crippen molar-refractivity contribution in [1.82, 2.24) is 9.97 Å². The van der Waals surface area contributed by atoms with Gasteiger partial charge >= 0.3 is 12.1 Å². The highest BCUT2D eigenvalue weighted by atomic mass is 19.4. The Kier molecular flexibility index (Phi) is 11.5. The van der Waals surface area contributed by atoms with Gasteiger partial charge in [-0.3, -0.25) is 0 Å². The van der Waals surface area contributed by atoms with Crippen LogP contribution in [0.3, 0.4) is 0 Å². The average Bonchev–Trinajstić information content (AvgIpc) is 3.10. The molecule has 0 radical (unpaired) electrons. The van der Waals surface area contributed by atoms with Crippen molar-refractivity contribution in [2.45, 2.75) is 69.9 Å². The zero-order chi connectivity index (χ0) is 30.7. The predicted octanol–water partition coefficient (Wildman–Crippen LogP) is 8.43. The second-order valence-corrected chi connectivity index (χ2v) is 10.9. The zero-order valence-electron chi connectivity index (χ0n) is 24.3. The highest BCUT2D eigenvalue weighted by Crippen LogP contribution is 2.37. The van der Waals surface area contributed by atoms with Gasteiger partial charge in [-0.25, -0.2) is 14.8 Å². The Balaban J connectivity index is 1.49. The third-order valence-electron chi connectivity index (χ3n) is 7.62. The first-order chi connectivity index (χ1) is 20.7. The number of halogens is 3. The van der Waals surface area contributed by atoms with Crippen LogP contribution in [0.5, 0.6) is 0 Å². The molecule has 1 saturated carbocycles. The molecule has 0 aliphatic heterocycles. The van der Waals surface area contributed by atoms with Gasteiger partial charge in [-0.1, -0.05) is 61.7 Å². The fourth-order valence-electron chi connectivity index (χ4n) is 5.56. The summed E-state index contributed by atoms with van der Waals surface area (Å²) in [6.07, 6.45) is 3.76. The second kappa shape index (κ2) is 15.5. The number of hydrogen-bond donors (Lipinski definition) is 2. The maximum atomic E-state index is 13.1. The van der Waals surface area contributed by atoms with E-state index in [1.807, 2.05) is 43.3 Å². The molecule has 1 aliphatic carbocycles. The van der Waals surface area contributed by atoms with Gasteiger partial charge in [-0.2, -0.15) is 13.2 Å². The Morgan fingerprint density at radius 1 is 0.907 bits per heavy atom. The number of carbonyl (C=O) groups is 1. The van der Waals surface area contributed by atoms with Gasteiger partial charge in [0.2, 0.25) is 5.95 Å². The van der Waals surface area contributed by atoms with E-state index < -0.39 is 17.8 Å². The molecule has 1 fully saturated rings. The first-order valence-electron chi connectivity index (χ1n) is 14.7. The largest absolute Gasteiger partial charge is 0.460 e. The van der Waals surface area contributed by atoms with Crippen LogP contribution in [0.4, 0.5) is 24.8 Å². The molecule has 9 heteroatoms. The molecule has 228 valence electrons. The number of alkyl halides is 3. The smallest absolute Gasteiger partial charge is 0.433 e. The summed E-state index contributed by atoms with van der Waals surface area (Å²) in [7, 11) is 0. The number of ether oxygens (including phenoxy) is 1. The van der Waals surface area contributed by atoms with E-state index in [1.54, 1.807) is 18.2 Å². The van der Waals surface area contributed by atoms with Crippen LogP contribution in [0.1, 0.15) is 89.5 Å². The summed E-state index contributed by atoms with van der Waals surface area (Å²) < 4.78 is 44.5. The molecule has 2 aromatic carbocycles. The van der Waals surface area contributed by atoms with E-state index in [4.69, 9.17) is 9.84 Å². The highest BCUT2D eigenvalue weighted by molar-refractivity contribution is 5.89. The molecule has 2 atom stereocenters. The summed E-state index contributed by atoms with van der Waals surface area (Å²) in [5.41, 5.74) is 3.46. The summed E-state index contributed by atoms with van der Waals surface area (Å²) in [6, 6.07) is 22.1. The Bertz CT molecular complexity index is 1430. The van der Waals surface area contributed by atoms with Crippen LogP contribution in [0.15, 0.2) is 79.0 Å². The number of aliphatic hydroxyl groups excluding tert-OH is 1. The standard InChI is InChI=1S/C34H38F3N3O3/c1-24-21-29(23-30(22-24)39-33-38-18-17-31(40-33)34(35,36)37)26-11-7-6-10-25(13-8-14-26)27-9-4-2-3-5-12-28(16-15-27)32(42)43-20-19-41/h2-5,9,12,15-18,21-23,25-26,41H,6-8,10-11,13-14,19-20H2,1H3,(H,38,39,40). The topological polar surface area (TPSA) is 84.3 Å². The summed E-state index contributed by atoms with van der Waals surface area (Å²) in [4.78, 5) is 20.1. The van der Waals surface area contributed by atoms with Gasteiger partial charge in [-0.05, 0) is 91.5 Å². The first-order valence-corrected chi connectivity index (χ1v) is 14.7. The Labute approximate surface area is 250 Å². The molecular formula is C34H38F3N3O3. The van der Waals surface area contributed by atoms with Gasteiger partial charge < -0.3 is 15.2 Å². The van der Waals surface area contributed by atoms with Crippen molar-refractivity contribution >= 4 is 17.6 Å². The molecule has 3 aromatic rings. The number of aliphatic hydroxyl groups is 1. The van der Waals surface area contributed by atoms with Gasteiger partial charge in [0.05, 0.1) is 12.2 Å². The molecule has 1 heterocycles. The average molecular weight is 594 g/mol. The number of nitrogens with zero attached hydrogens (tertiary/aromatic N) is 2. The lowest BCUT2D eigenvalue weighted by molar-refractivity contribution is -0.141. The van der Waals surface area contributed by atoms with Gasteiger partial charge in [0.1, 0.15) is 12.3 Å². The minimum absolute atomic E-state index is 0.0440. The Morgan fingerprint density at radius 3 is 2.33 bits per heavy atom. The number of carbonyl (C=O) groups excluding carboxylic acids is 1. The third-order valence-corrected chi connectivity index (χ3v) is 7.62. The van der Waals surface area contributed by atoms with Crippen LogP contribution in [-0.4, -0.2) is 34.3 Å². The molecule has 0 spiro atoms. The molecular weight excluding hydrogens is 555 g/mol. The van der Waals surface area contributed by atoms with Crippen molar-refractivity contribution in [2.24, 2.45) is 0 Å². The number of rotatable bonds is 7. The van der Waals surface area contributed by atoms with E-state index in [1.165, 1.54) is 0 Å². The summed E-state index contributed by atoms with van der Waals surface area (Å²) in [5, 5.41) is 12.0. The molecule has 0 bridgehead atoms. The molecule has 2 N–H and O–H groups in total. The van der Waals surface area contributed by atoms with E-state index in [9.17, 15) is 18.0 Å². The summed E-state index contributed by atoms with van der Waals surface area (Å²) in [5.74, 6) is 0.115. The van der Waals surface area contributed by atoms with Crippen LogP contribution in [-0.2, 0) is 10.9 Å². The van der Waals surface area contributed by atoms with Crippen molar-refractivity contribution < 1.29 is 27.8 Å². The summed E-state index contributed by atoms with van der Waals surface area (Å²) >= 11 is 0. The van der Waals surface area contributed by atoms with Crippen molar-refractivity contribution in [3.8, 4) is 0 Å². The molecule has 6 nitrogen and oxygen atoms in total.